The molecular weight excluding hydrogens is 463 g/mol. The van der Waals surface area contributed by atoms with Crippen molar-refractivity contribution in [3.8, 4) is 6.07 Å². The van der Waals surface area contributed by atoms with Gasteiger partial charge in [-0.1, -0.05) is 36.4 Å². The number of para-hydroxylation sites is 1. The third-order valence-corrected chi connectivity index (χ3v) is 6.07. The molecule has 1 saturated heterocycles. The maximum atomic E-state index is 13.4. The molecule has 0 unspecified atom stereocenters. The third kappa shape index (κ3) is 4.09. The summed E-state index contributed by atoms with van der Waals surface area (Å²) in [7, 11) is 0. The molecule has 0 spiro atoms. The van der Waals surface area contributed by atoms with E-state index in [9.17, 15) is 19.2 Å². The number of hydrogen-bond donors (Lipinski definition) is 1. The van der Waals surface area contributed by atoms with Crippen LogP contribution < -0.4 is 10.2 Å². The highest BCUT2D eigenvalue weighted by atomic mass is 32.1. The summed E-state index contributed by atoms with van der Waals surface area (Å²) >= 11 is 5.21. The van der Waals surface area contributed by atoms with E-state index >= 15 is 0 Å². The lowest BCUT2D eigenvalue weighted by Crippen LogP contribution is -2.54. The fraction of sp³-hybridized carbons (Fsp3) is 0.0370. The van der Waals surface area contributed by atoms with Crippen LogP contribution in [0.25, 0.3) is 17.0 Å². The van der Waals surface area contributed by atoms with Gasteiger partial charge >= 0.3 is 0 Å². The number of hydrogen-bond acceptors (Lipinski definition) is 4. The normalized spacial score (nSPS) is 14.9. The molecule has 1 fully saturated rings. The van der Waals surface area contributed by atoms with E-state index < -0.39 is 17.6 Å². The highest BCUT2D eigenvalue weighted by Gasteiger charge is 2.34. The van der Waals surface area contributed by atoms with Crippen molar-refractivity contribution in [1.29, 1.82) is 5.26 Å². The first-order valence-corrected chi connectivity index (χ1v) is 11.1. The molecule has 170 valence electrons. The van der Waals surface area contributed by atoms with Crippen molar-refractivity contribution >= 4 is 51.8 Å². The lowest BCUT2D eigenvalue weighted by molar-refractivity contribution is -0.122. The van der Waals surface area contributed by atoms with Crippen LogP contribution in [-0.2, 0) is 16.1 Å². The van der Waals surface area contributed by atoms with E-state index in [1.165, 1.54) is 35.2 Å². The summed E-state index contributed by atoms with van der Waals surface area (Å²) in [5.74, 6) is -1.66. The number of thiocarbonyl (C=S) groups is 1. The van der Waals surface area contributed by atoms with Crippen molar-refractivity contribution in [1.82, 2.24) is 9.88 Å². The Morgan fingerprint density at radius 2 is 1.71 bits per heavy atom. The van der Waals surface area contributed by atoms with Gasteiger partial charge in [0.05, 0.1) is 17.3 Å². The van der Waals surface area contributed by atoms with Crippen LogP contribution in [0.5, 0.6) is 0 Å². The van der Waals surface area contributed by atoms with E-state index in [0.717, 1.165) is 16.5 Å². The van der Waals surface area contributed by atoms with Gasteiger partial charge in [-0.3, -0.25) is 19.8 Å². The maximum absolute atomic E-state index is 13.4. The van der Waals surface area contributed by atoms with Crippen LogP contribution in [0.15, 0.2) is 84.6 Å². The zero-order valence-electron chi connectivity index (χ0n) is 18.2. The number of fused-ring (bicyclic) bond motifs is 1. The van der Waals surface area contributed by atoms with Crippen LogP contribution in [0, 0.1) is 17.1 Å². The summed E-state index contributed by atoms with van der Waals surface area (Å²) in [6, 6.07) is 22.5. The van der Waals surface area contributed by atoms with Gasteiger partial charge in [0, 0.05) is 29.2 Å². The monoisotopic (exact) mass is 480 g/mol. The Morgan fingerprint density at radius 1 is 1.00 bits per heavy atom. The molecule has 2 heterocycles. The topological polar surface area (TPSA) is 78.1 Å². The first-order valence-electron chi connectivity index (χ1n) is 10.7. The van der Waals surface area contributed by atoms with Crippen molar-refractivity contribution in [3.63, 3.8) is 0 Å². The molecule has 5 rings (SSSR count). The standard InChI is InChI=1S/C27H17FN4O2S/c28-20-9-11-21(12-10-20)32-26(34)23(25(33)30-27(32)35)13-19-16-31(24-8-4-3-7-22(19)24)15-18-6-2-1-5-17(18)14-29/h1-13,16H,15H2,(H,30,33,35). The fourth-order valence-corrected chi connectivity index (χ4v) is 4.39. The molecule has 0 radical (unpaired) electrons. The zero-order valence-corrected chi connectivity index (χ0v) is 19.1. The minimum Gasteiger partial charge on any atom is -0.342 e. The Kier molecular flexibility index (Phi) is 5.69. The van der Waals surface area contributed by atoms with E-state index in [1.807, 2.05) is 53.2 Å². The molecule has 8 heteroatoms. The van der Waals surface area contributed by atoms with Crippen LogP contribution in [-0.4, -0.2) is 21.5 Å². The van der Waals surface area contributed by atoms with Crippen LogP contribution in [0.3, 0.4) is 0 Å². The Hall–Kier alpha value is -4.61. The molecule has 35 heavy (non-hydrogen) atoms. The summed E-state index contributed by atoms with van der Waals surface area (Å²) < 4.78 is 15.4. The van der Waals surface area contributed by atoms with Gasteiger partial charge in [0.25, 0.3) is 11.8 Å². The Balaban J connectivity index is 1.58. The number of nitriles is 1. The molecule has 1 aliphatic rings. The average Bonchev–Trinajstić information content (AvgIpc) is 3.20. The van der Waals surface area contributed by atoms with Gasteiger partial charge in [0.2, 0.25) is 0 Å². The van der Waals surface area contributed by atoms with E-state index in [1.54, 1.807) is 6.07 Å². The first-order chi connectivity index (χ1) is 17.0. The Morgan fingerprint density at radius 3 is 2.49 bits per heavy atom. The molecule has 2 amide bonds. The van der Waals surface area contributed by atoms with Crippen LogP contribution >= 0.6 is 12.2 Å². The maximum Gasteiger partial charge on any atom is 0.270 e. The highest BCUT2D eigenvalue weighted by Crippen LogP contribution is 2.27. The summed E-state index contributed by atoms with van der Waals surface area (Å²) in [4.78, 5) is 27.2. The van der Waals surface area contributed by atoms with Gasteiger partial charge in [0.1, 0.15) is 11.4 Å². The second-order valence-electron chi connectivity index (χ2n) is 7.93. The molecule has 3 aromatic carbocycles. The molecular formula is C27H17FN4O2S. The SMILES string of the molecule is N#Cc1ccccc1Cn1cc(C=C2C(=O)NC(=S)N(c3ccc(F)cc3)C2=O)c2ccccc21. The summed E-state index contributed by atoms with van der Waals surface area (Å²) in [5.41, 5.74) is 3.25. The van der Waals surface area contributed by atoms with E-state index in [0.29, 0.717) is 23.4 Å². The van der Waals surface area contributed by atoms with Crippen LogP contribution in [0.1, 0.15) is 16.7 Å². The van der Waals surface area contributed by atoms with E-state index in [2.05, 4.69) is 11.4 Å². The van der Waals surface area contributed by atoms with Crippen molar-refractivity contribution in [2.75, 3.05) is 4.90 Å². The minimum absolute atomic E-state index is 0.0701. The Labute approximate surface area is 205 Å². The minimum atomic E-state index is -0.606. The molecule has 6 nitrogen and oxygen atoms in total. The van der Waals surface area contributed by atoms with Gasteiger partial charge in [-0.2, -0.15) is 5.26 Å². The number of nitrogens with zero attached hydrogens (tertiary/aromatic N) is 3. The number of amides is 2. The van der Waals surface area contributed by atoms with Gasteiger partial charge < -0.3 is 4.57 Å². The quantitative estimate of drug-likeness (QED) is 0.264. The molecule has 1 aromatic heterocycles. The van der Waals surface area contributed by atoms with E-state index in [-0.39, 0.29) is 10.7 Å². The predicted molar refractivity (Wildman–Crippen MR) is 135 cm³/mol. The molecule has 0 aliphatic carbocycles. The summed E-state index contributed by atoms with van der Waals surface area (Å²) in [6.07, 6.45) is 3.38. The number of anilines is 1. The lowest BCUT2D eigenvalue weighted by atomic mass is 10.1. The zero-order chi connectivity index (χ0) is 24.5. The van der Waals surface area contributed by atoms with Gasteiger partial charge in [0.15, 0.2) is 5.11 Å². The predicted octanol–water partition coefficient (Wildman–Crippen LogP) is 4.53. The van der Waals surface area contributed by atoms with E-state index in [4.69, 9.17) is 12.2 Å². The second-order valence-corrected chi connectivity index (χ2v) is 8.32. The van der Waals surface area contributed by atoms with Crippen molar-refractivity contribution < 1.29 is 14.0 Å². The molecule has 0 saturated carbocycles. The third-order valence-electron chi connectivity index (χ3n) is 5.78. The van der Waals surface area contributed by atoms with Gasteiger partial charge in [-0.15, -0.1) is 0 Å². The number of rotatable bonds is 4. The average molecular weight is 481 g/mol. The summed E-state index contributed by atoms with van der Waals surface area (Å²) in [5, 5.41) is 12.8. The van der Waals surface area contributed by atoms with Gasteiger partial charge in [-0.25, -0.2) is 4.39 Å². The van der Waals surface area contributed by atoms with Gasteiger partial charge in [-0.05, 0) is 60.3 Å². The molecule has 0 bridgehead atoms. The van der Waals surface area contributed by atoms with Crippen molar-refractivity contribution in [2.45, 2.75) is 6.54 Å². The molecule has 4 aromatic rings. The number of benzene rings is 3. The smallest absolute Gasteiger partial charge is 0.270 e. The summed E-state index contributed by atoms with van der Waals surface area (Å²) in [6.45, 7) is 0.444. The molecule has 1 N–H and O–H groups in total. The molecule has 0 atom stereocenters. The second kappa shape index (κ2) is 8.97. The van der Waals surface area contributed by atoms with Crippen molar-refractivity contribution in [3.05, 3.63) is 107 Å². The lowest BCUT2D eigenvalue weighted by Gasteiger charge is -2.28. The highest BCUT2D eigenvalue weighted by molar-refractivity contribution is 7.80. The first kappa shape index (κ1) is 22.2. The number of carbonyl (C=O) groups is 2. The number of halogens is 1. The molecule has 1 aliphatic heterocycles. The van der Waals surface area contributed by atoms with Crippen molar-refractivity contribution in [2.24, 2.45) is 0 Å². The van der Waals surface area contributed by atoms with Crippen LogP contribution in [0.4, 0.5) is 10.1 Å². The number of nitrogens with one attached hydrogen (secondary N) is 1. The number of aromatic nitrogens is 1. The largest absolute Gasteiger partial charge is 0.342 e. The van der Waals surface area contributed by atoms with Crippen LogP contribution in [0.2, 0.25) is 0 Å². The fourth-order valence-electron chi connectivity index (χ4n) is 4.11. The Bertz CT molecular complexity index is 1580. The number of carbonyl (C=O) groups excluding carboxylic acids is 2.